The van der Waals surface area contributed by atoms with E-state index in [4.69, 9.17) is 25.6 Å². The number of pyridine rings is 1. The van der Waals surface area contributed by atoms with Gasteiger partial charge in [-0.05, 0) is 99.3 Å². The summed E-state index contributed by atoms with van der Waals surface area (Å²) in [5.74, 6) is 0.445. The van der Waals surface area contributed by atoms with Crippen LogP contribution in [0.2, 0.25) is 5.02 Å². The number of hydrogen-bond acceptors (Lipinski definition) is 12. The number of carbonyl (C=O) groups is 4. The van der Waals surface area contributed by atoms with Gasteiger partial charge in [-0.1, -0.05) is 30.9 Å². The minimum atomic E-state index is -0.644. The van der Waals surface area contributed by atoms with Crippen molar-refractivity contribution in [1.29, 1.82) is 0 Å². The zero-order valence-electron chi connectivity index (χ0n) is 38.1. The summed E-state index contributed by atoms with van der Waals surface area (Å²) in [4.78, 5) is 67.6. The molecule has 9 rings (SSSR count). The first-order valence-corrected chi connectivity index (χ1v) is 24.9. The van der Waals surface area contributed by atoms with Gasteiger partial charge < -0.3 is 43.9 Å². The van der Waals surface area contributed by atoms with E-state index >= 15 is 0 Å². The van der Waals surface area contributed by atoms with Crippen molar-refractivity contribution >= 4 is 67.7 Å². The molecular formula is C48H59ClFN9O7S. The van der Waals surface area contributed by atoms with E-state index in [1.807, 2.05) is 17.5 Å². The molecule has 7 heterocycles. The highest BCUT2D eigenvalue weighted by atomic mass is 35.5. The summed E-state index contributed by atoms with van der Waals surface area (Å²) in [6.45, 7) is 5.53. The standard InChI is InChI=1S/C48H59ClFN9O7S/c1-30(51-2)46(61)53-43(31-7-4-3-5-8-31)47(62)56-20-22-57(23-21-56)48(63)44-42(49)36-25-32(50)10-11-38(36)59(44)28-41(60)58-17-6-9-33(58)29-64-40-26-35(66-54-40)27-55-18-13-34(14-19-55)65-39-12-16-52-37-15-24-67-45(37)39/h10-12,15-16,24-26,30-31,33-34,43,51H,3-9,13-14,17-23,27-29H2,1-2H3,(H,53,61)/t30-,33-,43-/m0/s1. The molecule has 3 saturated heterocycles. The van der Waals surface area contributed by atoms with E-state index in [1.165, 1.54) is 12.1 Å². The van der Waals surface area contributed by atoms with Gasteiger partial charge in [0.05, 0.1) is 39.4 Å². The number of piperidine rings is 1. The lowest BCUT2D eigenvalue weighted by Gasteiger charge is -2.39. The van der Waals surface area contributed by atoms with E-state index in [2.05, 4.69) is 25.7 Å². The average molecular weight is 961 g/mol. The second-order valence-electron chi connectivity index (χ2n) is 18.3. The Labute approximate surface area is 398 Å². The second kappa shape index (κ2) is 20.9. The van der Waals surface area contributed by atoms with Gasteiger partial charge in [-0.25, -0.2) is 4.39 Å². The van der Waals surface area contributed by atoms with E-state index in [1.54, 1.807) is 62.9 Å². The van der Waals surface area contributed by atoms with Crippen LogP contribution in [-0.2, 0) is 27.5 Å². The zero-order valence-corrected chi connectivity index (χ0v) is 39.7. The van der Waals surface area contributed by atoms with Gasteiger partial charge in [0.1, 0.15) is 42.6 Å². The Hall–Kier alpha value is -5.30. The van der Waals surface area contributed by atoms with Crippen LogP contribution in [0.25, 0.3) is 21.1 Å². The third-order valence-corrected chi connectivity index (χ3v) is 15.3. The van der Waals surface area contributed by atoms with Crippen LogP contribution < -0.4 is 20.1 Å². The normalized spacial score (nSPS) is 19.8. The number of ether oxygens (including phenoxy) is 2. The van der Waals surface area contributed by atoms with E-state index in [0.29, 0.717) is 35.6 Å². The highest BCUT2D eigenvalue weighted by molar-refractivity contribution is 7.17. The van der Waals surface area contributed by atoms with Crippen LogP contribution >= 0.6 is 22.9 Å². The number of thiophene rings is 1. The number of carbonyl (C=O) groups excluding carboxylic acids is 4. The topological polar surface area (TPSA) is 168 Å². The maximum Gasteiger partial charge on any atom is 0.272 e. The van der Waals surface area contributed by atoms with Gasteiger partial charge in [-0.3, -0.25) is 29.1 Å². The number of nitrogens with zero attached hydrogens (tertiary/aromatic N) is 7. The lowest BCUT2D eigenvalue weighted by Crippen LogP contribution is -2.59. The van der Waals surface area contributed by atoms with Crippen molar-refractivity contribution in [2.75, 3.05) is 59.5 Å². The lowest BCUT2D eigenvalue weighted by molar-refractivity contribution is -0.140. The summed E-state index contributed by atoms with van der Waals surface area (Å²) in [5, 5.41) is 12.6. The van der Waals surface area contributed by atoms with Crippen molar-refractivity contribution in [2.24, 2.45) is 5.92 Å². The predicted octanol–water partition coefficient (Wildman–Crippen LogP) is 6.10. The van der Waals surface area contributed by atoms with E-state index in [0.717, 1.165) is 86.8 Å². The monoisotopic (exact) mass is 959 g/mol. The Morgan fingerprint density at radius 2 is 1.72 bits per heavy atom. The smallest absolute Gasteiger partial charge is 0.272 e. The fraction of sp³-hybridized carbons (Fsp3) is 0.542. The molecule has 4 aliphatic rings. The molecular weight excluding hydrogens is 901 g/mol. The molecule has 0 radical (unpaired) electrons. The van der Waals surface area contributed by atoms with Crippen LogP contribution in [0, 0.1) is 11.7 Å². The molecule has 5 aromatic rings. The number of aromatic nitrogens is 3. The number of likely N-dealkylation sites (tertiary alicyclic amines) is 2. The van der Waals surface area contributed by atoms with Gasteiger partial charge in [0.15, 0.2) is 5.76 Å². The Kier molecular flexibility index (Phi) is 14.6. The fourth-order valence-electron chi connectivity index (χ4n) is 10.1. The molecule has 1 aliphatic carbocycles. The van der Waals surface area contributed by atoms with Crippen molar-refractivity contribution < 1.29 is 37.6 Å². The SMILES string of the molecule is CN[C@@H](C)C(=O)N[C@H](C(=O)N1CCN(C(=O)c2c(Cl)c3cc(F)ccc3n2CC(=O)N2CCC[C@H]2COc2cc(CN3CCC(Oc4ccnc5ccsc45)CC3)on2)CC1)C1CCCCC1. The maximum absolute atomic E-state index is 14.7. The minimum Gasteiger partial charge on any atom is -0.489 e. The minimum absolute atomic E-state index is 0.0428. The van der Waals surface area contributed by atoms with Crippen molar-refractivity contribution in [3.63, 3.8) is 0 Å². The number of benzene rings is 1. The van der Waals surface area contributed by atoms with Crippen LogP contribution in [-0.4, -0.2) is 142 Å². The Morgan fingerprint density at radius 1 is 0.940 bits per heavy atom. The van der Waals surface area contributed by atoms with E-state index in [-0.39, 0.29) is 85.8 Å². The Balaban J connectivity index is 0.805. The Bertz CT molecular complexity index is 2560. The molecule has 1 aromatic carbocycles. The summed E-state index contributed by atoms with van der Waals surface area (Å²) in [5.41, 5.74) is 1.51. The molecule has 0 spiro atoms. The highest BCUT2D eigenvalue weighted by Gasteiger charge is 2.38. The predicted molar refractivity (Wildman–Crippen MR) is 252 cm³/mol. The zero-order chi connectivity index (χ0) is 46.6. The largest absolute Gasteiger partial charge is 0.489 e. The molecule has 1 saturated carbocycles. The number of rotatable bonds is 15. The molecule has 0 bridgehead atoms. The highest BCUT2D eigenvalue weighted by Crippen LogP contribution is 2.35. The van der Waals surface area contributed by atoms with E-state index < -0.39 is 23.8 Å². The molecule has 19 heteroatoms. The summed E-state index contributed by atoms with van der Waals surface area (Å²) >= 11 is 8.57. The molecule has 4 aromatic heterocycles. The number of likely N-dealkylation sites (N-methyl/N-ethyl adjacent to an activating group) is 1. The summed E-state index contributed by atoms with van der Waals surface area (Å²) in [7, 11) is 1.71. The van der Waals surface area contributed by atoms with E-state index in [9.17, 15) is 23.6 Å². The maximum atomic E-state index is 14.7. The Morgan fingerprint density at radius 3 is 2.49 bits per heavy atom. The van der Waals surface area contributed by atoms with Crippen LogP contribution in [0.1, 0.15) is 81.0 Å². The number of fused-ring (bicyclic) bond motifs is 2. The van der Waals surface area contributed by atoms with Crippen molar-refractivity contribution in [3.8, 4) is 11.6 Å². The van der Waals surface area contributed by atoms with Gasteiger partial charge in [0.2, 0.25) is 17.7 Å². The van der Waals surface area contributed by atoms with Crippen LogP contribution in [0.4, 0.5) is 4.39 Å². The lowest BCUT2D eigenvalue weighted by atomic mass is 9.83. The quantitative estimate of drug-likeness (QED) is 0.125. The fourth-order valence-corrected chi connectivity index (χ4v) is 11.2. The van der Waals surface area contributed by atoms with Crippen molar-refractivity contribution in [1.82, 2.24) is 44.9 Å². The third kappa shape index (κ3) is 10.4. The van der Waals surface area contributed by atoms with Gasteiger partial charge in [-0.2, -0.15) is 0 Å². The third-order valence-electron chi connectivity index (χ3n) is 14.0. The van der Waals surface area contributed by atoms with Gasteiger partial charge >= 0.3 is 0 Å². The molecule has 3 atom stereocenters. The van der Waals surface area contributed by atoms with Gasteiger partial charge in [-0.15, -0.1) is 11.3 Å². The molecule has 67 heavy (non-hydrogen) atoms. The molecule has 16 nitrogen and oxygen atoms in total. The molecule has 2 N–H and O–H groups in total. The molecule has 0 unspecified atom stereocenters. The number of amides is 4. The summed E-state index contributed by atoms with van der Waals surface area (Å²) in [6, 6.07) is 8.51. The van der Waals surface area contributed by atoms with Crippen LogP contribution in [0.3, 0.4) is 0 Å². The number of hydrogen-bond donors (Lipinski definition) is 2. The first-order chi connectivity index (χ1) is 32.5. The summed E-state index contributed by atoms with van der Waals surface area (Å²) in [6.07, 6.45) is 10.0. The van der Waals surface area contributed by atoms with Crippen molar-refractivity contribution in [3.05, 3.63) is 70.3 Å². The summed E-state index contributed by atoms with van der Waals surface area (Å²) < 4.78 is 35.5. The number of nitrogens with one attached hydrogen (secondary N) is 2. The molecule has 358 valence electrons. The van der Waals surface area contributed by atoms with Crippen LogP contribution in [0.5, 0.6) is 11.6 Å². The van der Waals surface area contributed by atoms with Crippen molar-refractivity contribution in [2.45, 2.75) is 102 Å². The molecule has 3 aliphatic heterocycles. The first kappa shape index (κ1) is 46.8. The average Bonchev–Trinajstić information content (AvgIpc) is 4.18. The second-order valence-corrected chi connectivity index (χ2v) is 19.6. The molecule has 4 amide bonds. The van der Waals surface area contributed by atoms with Gasteiger partial charge in [0.25, 0.3) is 11.8 Å². The van der Waals surface area contributed by atoms with Crippen LogP contribution in [0.15, 0.2) is 52.5 Å². The van der Waals surface area contributed by atoms with Gasteiger partial charge in [0, 0.05) is 63.5 Å². The number of piperazine rings is 1. The first-order valence-electron chi connectivity index (χ1n) is 23.7. The number of halogens is 2. The molecule has 4 fully saturated rings.